The highest BCUT2D eigenvalue weighted by Gasteiger charge is 2.27. The molecule has 1 amide bonds. The number of nitrogens with zero attached hydrogens (tertiary/aromatic N) is 2. The molecule has 162 valence electrons. The number of hydrogen-bond donors (Lipinski definition) is 1. The molecule has 0 unspecified atom stereocenters. The van der Waals surface area contributed by atoms with Gasteiger partial charge in [-0.1, -0.05) is 17.7 Å². The number of ether oxygens (including phenoxy) is 1. The van der Waals surface area contributed by atoms with Gasteiger partial charge in [0, 0.05) is 38.8 Å². The Morgan fingerprint density at radius 2 is 2.03 bits per heavy atom. The molecule has 2 aliphatic rings. The Labute approximate surface area is 178 Å². The number of nitrogens with one attached hydrogen (secondary N) is 1. The monoisotopic (exact) mass is 425 g/mol. The Morgan fingerprint density at radius 3 is 2.72 bits per heavy atom. The standard InChI is InChI=1S/C22H33ClFN3O2/c1-16-14-26(12-13-27(16)20-5-3-4-19(24)22(20)23)11-10-17-6-8-18(9-7-17)25-21(28)15-29-2/h3-5,16-18H,6-15H2,1-2H3,(H,25,28)/t16-,17?,18?/m1/s1. The smallest absolute Gasteiger partial charge is 0.246 e. The lowest BCUT2D eigenvalue weighted by Gasteiger charge is -2.42. The second kappa shape index (κ2) is 10.6. The molecule has 1 aliphatic carbocycles. The Kier molecular flexibility index (Phi) is 8.16. The van der Waals surface area contributed by atoms with E-state index in [1.807, 2.05) is 6.07 Å². The SMILES string of the molecule is COCC(=O)NC1CCC(CCN2CCN(c3cccc(F)c3Cl)[C@H](C)C2)CC1. The van der Waals surface area contributed by atoms with E-state index in [0.29, 0.717) is 12.1 Å². The van der Waals surface area contributed by atoms with Crippen LogP contribution >= 0.6 is 11.6 Å². The van der Waals surface area contributed by atoms with Crippen molar-refractivity contribution in [1.29, 1.82) is 0 Å². The maximum atomic E-state index is 13.8. The molecule has 1 N–H and O–H groups in total. The third-order valence-electron chi connectivity index (χ3n) is 6.29. The number of amides is 1. The minimum absolute atomic E-state index is 0.0128. The van der Waals surface area contributed by atoms with Crippen LogP contribution < -0.4 is 10.2 Å². The molecular formula is C22H33ClFN3O2. The molecule has 1 aromatic carbocycles. The summed E-state index contributed by atoms with van der Waals surface area (Å²) < 4.78 is 18.7. The van der Waals surface area contributed by atoms with Crippen LogP contribution in [0.2, 0.25) is 5.02 Å². The zero-order valence-electron chi connectivity index (χ0n) is 17.5. The second-order valence-corrected chi connectivity index (χ2v) is 8.80. The maximum Gasteiger partial charge on any atom is 0.246 e. The molecule has 0 bridgehead atoms. The van der Waals surface area contributed by atoms with Gasteiger partial charge in [0.1, 0.15) is 12.4 Å². The molecule has 3 rings (SSSR count). The van der Waals surface area contributed by atoms with Gasteiger partial charge in [-0.25, -0.2) is 4.39 Å². The van der Waals surface area contributed by atoms with Crippen LogP contribution in [0.4, 0.5) is 10.1 Å². The average molecular weight is 426 g/mol. The minimum atomic E-state index is -0.354. The highest BCUT2D eigenvalue weighted by Crippen LogP contribution is 2.31. The van der Waals surface area contributed by atoms with E-state index in [4.69, 9.17) is 16.3 Å². The normalized spacial score (nSPS) is 25.8. The lowest BCUT2D eigenvalue weighted by atomic mass is 9.84. The number of methoxy groups -OCH3 is 1. The van der Waals surface area contributed by atoms with E-state index >= 15 is 0 Å². The number of hydrogen-bond acceptors (Lipinski definition) is 4. The number of benzene rings is 1. The lowest BCUT2D eigenvalue weighted by Crippen LogP contribution is -2.52. The predicted octanol–water partition coefficient (Wildman–Crippen LogP) is 3.70. The molecule has 0 aromatic heterocycles. The Hall–Kier alpha value is -1.37. The van der Waals surface area contributed by atoms with Crippen molar-refractivity contribution in [1.82, 2.24) is 10.2 Å². The van der Waals surface area contributed by atoms with Gasteiger partial charge in [-0.3, -0.25) is 9.69 Å². The molecular weight excluding hydrogens is 393 g/mol. The number of halogens is 2. The van der Waals surface area contributed by atoms with Crippen LogP contribution in [0.3, 0.4) is 0 Å². The molecule has 2 fully saturated rings. The molecule has 29 heavy (non-hydrogen) atoms. The Bertz CT molecular complexity index is 682. The molecule has 1 saturated heterocycles. The lowest BCUT2D eigenvalue weighted by molar-refractivity contribution is -0.125. The summed E-state index contributed by atoms with van der Waals surface area (Å²) >= 11 is 6.19. The third kappa shape index (κ3) is 6.06. The van der Waals surface area contributed by atoms with E-state index in [1.165, 1.54) is 25.3 Å². The van der Waals surface area contributed by atoms with Gasteiger partial charge in [0.15, 0.2) is 0 Å². The predicted molar refractivity (Wildman–Crippen MR) is 115 cm³/mol. The van der Waals surface area contributed by atoms with E-state index in [1.54, 1.807) is 13.2 Å². The van der Waals surface area contributed by atoms with Crippen molar-refractivity contribution in [3.63, 3.8) is 0 Å². The van der Waals surface area contributed by atoms with E-state index in [0.717, 1.165) is 50.6 Å². The highest BCUT2D eigenvalue weighted by atomic mass is 35.5. The van der Waals surface area contributed by atoms with Crippen LogP contribution in [0.15, 0.2) is 18.2 Å². The largest absolute Gasteiger partial charge is 0.375 e. The van der Waals surface area contributed by atoms with Crippen molar-refractivity contribution in [2.45, 2.75) is 51.1 Å². The molecule has 7 heteroatoms. The molecule has 1 atom stereocenters. The fourth-order valence-electron chi connectivity index (χ4n) is 4.67. The zero-order valence-corrected chi connectivity index (χ0v) is 18.3. The first-order chi connectivity index (χ1) is 14.0. The summed E-state index contributed by atoms with van der Waals surface area (Å²) in [6.45, 7) is 6.23. The van der Waals surface area contributed by atoms with Crippen molar-refractivity contribution in [2.24, 2.45) is 5.92 Å². The molecule has 1 aliphatic heterocycles. The van der Waals surface area contributed by atoms with Gasteiger partial charge in [0.05, 0.1) is 10.7 Å². The van der Waals surface area contributed by atoms with Crippen LogP contribution in [-0.2, 0) is 9.53 Å². The van der Waals surface area contributed by atoms with E-state index in [-0.39, 0.29) is 23.4 Å². The van der Waals surface area contributed by atoms with Gasteiger partial charge < -0.3 is 15.0 Å². The zero-order chi connectivity index (χ0) is 20.8. The van der Waals surface area contributed by atoms with Crippen molar-refractivity contribution in [2.75, 3.05) is 44.8 Å². The van der Waals surface area contributed by atoms with Gasteiger partial charge in [-0.2, -0.15) is 0 Å². The maximum absolute atomic E-state index is 13.8. The van der Waals surface area contributed by atoms with Crippen LogP contribution in [0, 0.1) is 11.7 Å². The topological polar surface area (TPSA) is 44.8 Å². The average Bonchev–Trinajstić information content (AvgIpc) is 2.70. The second-order valence-electron chi connectivity index (χ2n) is 8.42. The van der Waals surface area contributed by atoms with E-state index in [2.05, 4.69) is 22.0 Å². The van der Waals surface area contributed by atoms with Gasteiger partial charge >= 0.3 is 0 Å². The number of carbonyl (C=O) groups excluding carboxylic acids is 1. The fourth-order valence-corrected chi connectivity index (χ4v) is 4.90. The third-order valence-corrected chi connectivity index (χ3v) is 6.67. The van der Waals surface area contributed by atoms with Crippen LogP contribution in [0.5, 0.6) is 0 Å². The summed E-state index contributed by atoms with van der Waals surface area (Å²) in [6.07, 6.45) is 5.66. The first-order valence-corrected chi connectivity index (χ1v) is 11.1. The van der Waals surface area contributed by atoms with Crippen LogP contribution in [-0.4, -0.2) is 62.8 Å². The number of anilines is 1. The number of rotatable bonds is 7. The van der Waals surface area contributed by atoms with Crippen molar-refractivity contribution < 1.29 is 13.9 Å². The van der Waals surface area contributed by atoms with Crippen LogP contribution in [0.25, 0.3) is 0 Å². The highest BCUT2D eigenvalue weighted by molar-refractivity contribution is 6.33. The molecule has 0 radical (unpaired) electrons. The summed E-state index contributed by atoms with van der Waals surface area (Å²) in [5.41, 5.74) is 0.799. The van der Waals surface area contributed by atoms with E-state index in [9.17, 15) is 9.18 Å². The van der Waals surface area contributed by atoms with Gasteiger partial charge in [-0.05, 0) is 63.6 Å². The van der Waals surface area contributed by atoms with E-state index < -0.39 is 0 Å². The molecule has 1 heterocycles. The first kappa shape index (κ1) is 22.3. The van der Waals surface area contributed by atoms with Crippen LogP contribution in [0.1, 0.15) is 39.0 Å². The summed E-state index contributed by atoms with van der Waals surface area (Å²) in [5.74, 6) is 0.366. The molecule has 0 spiro atoms. The van der Waals surface area contributed by atoms with Crippen molar-refractivity contribution in [3.8, 4) is 0 Å². The van der Waals surface area contributed by atoms with Crippen molar-refractivity contribution >= 4 is 23.2 Å². The number of carbonyl (C=O) groups is 1. The molecule has 1 aromatic rings. The first-order valence-electron chi connectivity index (χ1n) is 10.7. The summed E-state index contributed by atoms with van der Waals surface area (Å²) in [7, 11) is 1.55. The van der Waals surface area contributed by atoms with Gasteiger partial charge in [0.2, 0.25) is 5.91 Å². The fraction of sp³-hybridized carbons (Fsp3) is 0.682. The molecule has 1 saturated carbocycles. The Balaban J connectivity index is 1.40. The Morgan fingerprint density at radius 1 is 1.28 bits per heavy atom. The number of piperazine rings is 1. The quantitative estimate of drug-likeness (QED) is 0.723. The van der Waals surface area contributed by atoms with Crippen molar-refractivity contribution in [3.05, 3.63) is 29.0 Å². The van der Waals surface area contributed by atoms with Gasteiger partial charge in [-0.15, -0.1) is 0 Å². The summed E-state index contributed by atoms with van der Waals surface area (Å²) in [5, 5.41) is 3.29. The molecule has 5 nitrogen and oxygen atoms in total. The summed E-state index contributed by atoms with van der Waals surface area (Å²) in [4.78, 5) is 16.4. The minimum Gasteiger partial charge on any atom is -0.375 e. The van der Waals surface area contributed by atoms with Gasteiger partial charge in [0.25, 0.3) is 0 Å². The summed E-state index contributed by atoms with van der Waals surface area (Å²) in [6, 6.07) is 5.64.